The van der Waals surface area contributed by atoms with Gasteiger partial charge in [0.1, 0.15) is 0 Å². The van der Waals surface area contributed by atoms with E-state index >= 15 is 0 Å². The fourth-order valence-electron chi connectivity index (χ4n) is 3.89. The summed E-state index contributed by atoms with van der Waals surface area (Å²) in [6.07, 6.45) is 4.60. The van der Waals surface area contributed by atoms with Gasteiger partial charge in [0.2, 0.25) is 0 Å². The lowest BCUT2D eigenvalue weighted by Crippen LogP contribution is -2.52. The first-order valence-corrected chi connectivity index (χ1v) is 10.8. The van der Waals surface area contributed by atoms with E-state index in [4.69, 9.17) is 4.74 Å². The highest BCUT2D eigenvalue weighted by Gasteiger charge is 2.20. The number of hydrogen-bond donors (Lipinski definition) is 1. The van der Waals surface area contributed by atoms with Crippen molar-refractivity contribution in [1.29, 1.82) is 0 Å². The number of urea groups is 1. The van der Waals surface area contributed by atoms with E-state index < -0.39 is 0 Å². The van der Waals surface area contributed by atoms with Crippen molar-refractivity contribution >= 4 is 6.03 Å². The Balaban J connectivity index is 1.22. The van der Waals surface area contributed by atoms with Crippen LogP contribution in [-0.4, -0.2) is 92.8 Å². The fourth-order valence-corrected chi connectivity index (χ4v) is 3.89. The number of hydrogen-bond acceptors (Lipinski definition) is 4. The van der Waals surface area contributed by atoms with Crippen LogP contribution < -0.4 is 5.32 Å². The van der Waals surface area contributed by atoms with Crippen LogP contribution in [0.5, 0.6) is 0 Å². The van der Waals surface area contributed by atoms with Gasteiger partial charge in [0.15, 0.2) is 0 Å². The molecule has 0 bridgehead atoms. The number of piperazine rings is 1. The summed E-state index contributed by atoms with van der Waals surface area (Å²) in [5.74, 6) is 0. The second-order valence-corrected chi connectivity index (χ2v) is 8.02. The van der Waals surface area contributed by atoms with E-state index in [1.807, 2.05) is 4.90 Å². The van der Waals surface area contributed by atoms with Crippen molar-refractivity contribution in [2.24, 2.45) is 0 Å². The summed E-state index contributed by atoms with van der Waals surface area (Å²) in [5, 5.41) is 3.05. The summed E-state index contributed by atoms with van der Waals surface area (Å²) >= 11 is 0. The van der Waals surface area contributed by atoms with Gasteiger partial charge in [-0.15, -0.1) is 0 Å². The first kappa shape index (κ1) is 21.1. The molecule has 0 unspecified atom stereocenters. The number of nitrogens with one attached hydrogen (secondary N) is 1. The number of rotatable bonds is 8. The Labute approximate surface area is 169 Å². The Morgan fingerprint density at radius 3 is 2.50 bits per heavy atom. The molecule has 0 aromatic heterocycles. The number of nitrogens with zero attached hydrogens (tertiary/aromatic N) is 3. The summed E-state index contributed by atoms with van der Waals surface area (Å²) in [6.45, 7) is 8.28. The van der Waals surface area contributed by atoms with E-state index in [2.05, 4.69) is 52.5 Å². The zero-order valence-electron chi connectivity index (χ0n) is 17.3. The highest BCUT2D eigenvalue weighted by molar-refractivity contribution is 5.74. The minimum atomic E-state index is 0.0713. The Kier molecular flexibility index (Phi) is 8.58. The van der Waals surface area contributed by atoms with Crippen LogP contribution in [0.4, 0.5) is 4.79 Å². The summed E-state index contributed by atoms with van der Waals surface area (Å²) in [4.78, 5) is 19.1. The molecule has 2 fully saturated rings. The SMILES string of the molecule is CN1CCC(OCCCNC(=O)N2CCN(CCc3ccccc3)CC2)CC1. The molecule has 1 N–H and O–H groups in total. The van der Waals surface area contributed by atoms with Crippen molar-refractivity contribution in [2.45, 2.75) is 31.8 Å². The van der Waals surface area contributed by atoms with Crippen molar-refractivity contribution in [3.8, 4) is 0 Å². The van der Waals surface area contributed by atoms with Crippen molar-refractivity contribution in [2.75, 3.05) is 66.0 Å². The summed E-state index contributed by atoms with van der Waals surface area (Å²) < 4.78 is 5.94. The molecule has 0 saturated carbocycles. The van der Waals surface area contributed by atoms with Crippen LogP contribution in [0.2, 0.25) is 0 Å². The molecule has 2 amide bonds. The number of piperidine rings is 1. The maximum absolute atomic E-state index is 12.3. The monoisotopic (exact) mass is 388 g/mol. The lowest BCUT2D eigenvalue weighted by atomic mass is 10.1. The van der Waals surface area contributed by atoms with Gasteiger partial charge >= 0.3 is 6.03 Å². The van der Waals surface area contributed by atoms with Crippen LogP contribution in [-0.2, 0) is 11.2 Å². The normalized spacial score (nSPS) is 19.7. The van der Waals surface area contributed by atoms with Crippen LogP contribution in [0.15, 0.2) is 30.3 Å². The molecule has 2 heterocycles. The molecule has 2 saturated heterocycles. The van der Waals surface area contributed by atoms with Gasteiger partial charge < -0.3 is 19.9 Å². The highest BCUT2D eigenvalue weighted by Crippen LogP contribution is 2.12. The van der Waals surface area contributed by atoms with Crippen molar-refractivity contribution in [3.05, 3.63) is 35.9 Å². The van der Waals surface area contributed by atoms with Gasteiger partial charge in [0, 0.05) is 59.0 Å². The topological polar surface area (TPSA) is 48.1 Å². The minimum absolute atomic E-state index is 0.0713. The Morgan fingerprint density at radius 1 is 1.07 bits per heavy atom. The van der Waals surface area contributed by atoms with Gasteiger partial charge in [-0.25, -0.2) is 4.79 Å². The van der Waals surface area contributed by atoms with Crippen molar-refractivity contribution in [3.63, 3.8) is 0 Å². The minimum Gasteiger partial charge on any atom is -0.378 e. The second kappa shape index (κ2) is 11.4. The molecule has 6 nitrogen and oxygen atoms in total. The maximum Gasteiger partial charge on any atom is 0.317 e. The lowest BCUT2D eigenvalue weighted by molar-refractivity contribution is 0.0117. The predicted molar refractivity (Wildman–Crippen MR) is 113 cm³/mol. The number of benzene rings is 1. The third-order valence-corrected chi connectivity index (χ3v) is 5.84. The first-order chi connectivity index (χ1) is 13.7. The second-order valence-electron chi connectivity index (χ2n) is 8.02. The van der Waals surface area contributed by atoms with Gasteiger partial charge in [-0.1, -0.05) is 30.3 Å². The number of amides is 2. The molecule has 2 aliphatic heterocycles. The molecular formula is C22H36N4O2. The predicted octanol–water partition coefficient (Wildman–Crippen LogP) is 2.06. The molecule has 0 radical (unpaired) electrons. The fraction of sp³-hybridized carbons (Fsp3) is 0.682. The third-order valence-electron chi connectivity index (χ3n) is 5.84. The zero-order chi connectivity index (χ0) is 19.6. The number of carbonyl (C=O) groups is 1. The molecule has 6 heteroatoms. The van der Waals surface area contributed by atoms with Crippen LogP contribution >= 0.6 is 0 Å². The molecule has 28 heavy (non-hydrogen) atoms. The van der Waals surface area contributed by atoms with Crippen molar-refractivity contribution < 1.29 is 9.53 Å². The van der Waals surface area contributed by atoms with Gasteiger partial charge in [0.25, 0.3) is 0 Å². The third kappa shape index (κ3) is 7.08. The van der Waals surface area contributed by atoms with E-state index in [9.17, 15) is 4.79 Å². The Hall–Kier alpha value is -1.63. The van der Waals surface area contributed by atoms with Crippen LogP contribution in [0.25, 0.3) is 0 Å². The molecule has 2 aliphatic rings. The molecule has 156 valence electrons. The summed E-state index contributed by atoms with van der Waals surface area (Å²) in [5.41, 5.74) is 1.38. The maximum atomic E-state index is 12.3. The van der Waals surface area contributed by atoms with Gasteiger partial charge in [-0.05, 0) is 38.3 Å². The van der Waals surface area contributed by atoms with Crippen LogP contribution in [0.3, 0.4) is 0 Å². The van der Waals surface area contributed by atoms with E-state index in [1.165, 1.54) is 5.56 Å². The van der Waals surface area contributed by atoms with E-state index in [-0.39, 0.29) is 6.03 Å². The quantitative estimate of drug-likeness (QED) is 0.693. The van der Waals surface area contributed by atoms with Gasteiger partial charge in [0.05, 0.1) is 6.10 Å². The average molecular weight is 389 g/mol. The molecule has 1 aromatic carbocycles. The Bertz CT molecular complexity index is 567. The number of likely N-dealkylation sites (tertiary alicyclic amines) is 1. The molecule has 0 atom stereocenters. The molecule has 0 spiro atoms. The lowest BCUT2D eigenvalue weighted by Gasteiger charge is -2.34. The van der Waals surface area contributed by atoms with Gasteiger partial charge in [-0.3, -0.25) is 4.90 Å². The van der Waals surface area contributed by atoms with Crippen LogP contribution in [0.1, 0.15) is 24.8 Å². The average Bonchev–Trinajstić information content (AvgIpc) is 2.74. The molecule has 0 aliphatic carbocycles. The van der Waals surface area contributed by atoms with E-state index in [0.717, 1.165) is 78.1 Å². The van der Waals surface area contributed by atoms with E-state index in [0.29, 0.717) is 12.6 Å². The molecule has 1 aromatic rings. The molecule has 3 rings (SSSR count). The number of carbonyl (C=O) groups excluding carboxylic acids is 1. The van der Waals surface area contributed by atoms with Crippen LogP contribution in [0, 0.1) is 0 Å². The largest absolute Gasteiger partial charge is 0.378 e. The first-order valence-electron chi connectivity index (χ1n) is 10.8. The zero-order valence-corrected chi connectivity index (χ0v) is 17.3. The molecular weight excluding hydrogens is 352 g/mol. The van der Waals surface area contributed by atoms with Crippen molar-refractivity contribution in [1.82, 2.24) is 20.0 Å². The number of ether oxygens (including phenoxy) is 1. The summed E-state index contributed by atoms with van der Waals surface area (Å²) in [7, 11) is 2.16. The standard InChI is InChI=1S/C22H36N4O2/c1-24-12-9-21(10-13-24)28-19-5-11-23-22(27)26-17-15-25(16-18-26)14-8-20-6-3-2-4-7-20/h2-4,6-7,21H,5,8-19H2,1H3,(H,23,27). The highest BCUT2D eigenvalue weighted by atomic mass is 16.5. The Morgan fingerprint density at radius 2 is 1.79 bits per heavy atom. The van der Waals surface area contributed by atoms with Gasteiger partial charge in [-0.2, -0.15) is 0 Å². The smallest absolute Gasteiger partial charge is 0.317 e. The summed E-state index contributed by atoms with van der Waals surface area (Å²) in [6, 6.07) is 10.7. The van der Waals surface area contributed by atoms with E-state index in [1.54, 1.807) is 0 Å².